The molecule has 0 heterocycles. The molecular weight excluding hydrogens is 411 g/mol. The third-order valence-electron chi connectivity index (χ3n) is 4.01. The van der Waals surface area contributed by atoms with Gasteiger partial charge in [-0.05, 0) is 36.4 Å². The van der Waals surface area contributed by atoms with Crippen molar-refractivity contribution in [2.75, 3.05) is 10.6 Å². The first-order valence-corrected chi connectivity index (χ1v) is 9.53. The van der Waals surface area contributed by atoms with Gasteiger partial charge in [-0.25, -0.2) is 0 Å². The van der Waals surface area contributed by atoms with Gasteiger partial charge in [0.1, 0.15) is 12.4 Å². The number of anilines is 2. The second-order valence-electron chi connectivity index (χ2n) is 6.21. The molecule has 2 N–H and O–H groups in total. The molecule has 0 saturated heterocycles. The molecule has 0 fully saturated rings. The molecule has 7 heteroatoms. The van der Waals surface area contributed by atoms with Crippen LogP contribution in [-0.2, 0) is 11.4 Å². The van der Waals surface area contributed by atoms with Gasteiger partial charge >= 0.3 is 0 Å². The van der Waals surface area contributed by atoms with E-state index in [4.69, 9.17) is 27.9 Å². The van der Waals surface area contributed by atoms with Crippen molar-refractivity contribution >= 4 is 46.4 Å². The monoisotopic (exact) mass is 428 g/mol. The predicted octanol–water partition coefficient (Wildman–Crippen LogP) is 5.78. The summed E-state index contributed by atoms with van der Waals surface area (Å²) in [6.07, 6.45) is 0. The van der Waals surface area contributed by atoms with E-state index in [9.17, 15) is 9.59 Å². The Morgan fingerprint density at radius 3 is 2.38 bits per heavy atom. The van der Waals surface area contributed by atoms with Crippen molar-refractivity contribution in [2.45, 2.75) is 13.5 Å². The van der Waals surface area contributed by atoms with E-state index in [0.717, 1.165) is 5.56 Å². The first-order chi connectivity index (χ1) is 13.9. The Morgan fingerprint density at radius 2 is 1.62 bits per heavy atom. The Bertz CT molecular complexity index is 1050. The smallest absolute Gasteiger partial charge is 0.259 e. The highest BCUT2D eigenvalue weighted by atomic mass is 35.5. The molecule has 0 saturated carbocycles. The molecule has 29 heavy (non-hydrogen) atoms. The number of rotatable bonds is 6. The van der Waals surface area contributed by atoms with Crippen LogP contribution in [0.25, 0.3) is 0 Å². The molecule has 2 amide bonds. The molecule has 3 aromatic carbocycles. The maximum atomic E-state index is 12.8. The molecular formula is C22H18Cl2N2O3. The minimum atomic E-state index is -0.387. The zero-order valence-corrected chi connectivity index (χ0v) is 17.1. The Kier molecular flexibility index (Phi) is 6.75. The lowest BCUT2D eigenvalue weighted by atomic mass is 10.1. The van der Waals surface area contributed by atoms with Crippen molar-refractivity contribution in [1.29, 1.82) is 0 Å². The van der Waals surface area contributed by atoms with Crippen LogP contribution in [0.4, 0.5) is 11.4 Å². The van der Waals surface area contributed by atoms with Crippen molar-refractivity contribution in [2.24, 2.45) is 0 Å². The highest BCUT2D eigenvalue weighted by molar-refractivity contribution is 6.34. The fourth-order valence-corrected chi connectivity index (χ4v) is 3.00. The van der Waals surface area contributed by atoms with E-state index >= 15 is 0 Å². The summed E-state index contributed by atoms with van der Waals surface area (Å²) < 4.78 is 5.83. The van der Waals surface area contributed by atoms with Crippen molar-refractivity contribution in [3.05, 3.63) is 87.9 Å². The number of benzene rings is 3. The highest BCUT2D eigenvalue weighted by Crippen LogP contribution is 2.28. The summed E-state index contributed by atoms with van der Waals surface area (Å²) in [4.78, 5) is 24.1. The molecule has 0 unspecified atom stereocenters. The van der Waals surface area contributed by atoms with Gasteiger partial charge in [0, 0.05) is 23.2 Å². The van der Waals surface area contributed by atoms with Gasteiger partial charge in [-0.15, -0.1) is 0 Å². The minimum Gasteiger partial charge on any atom is -0.488 e. The van der Waals surface area contributed by atoms with E-state index in [1.807, 2.05) is 18.2 Å². The maximum Gasteiger partial charge on any atom is 0.259 e. The van der Waals surface area contributed by atoms with Crippen molar-refractivity contribution in [3.8, 4) is 5.75 Å². The number of carbonyl (C=O) groups excluding carboxylic acids is 2. The van der Waals surface area contributed by atoms with Gasteiger partial charge in [0.2, 0.25) is 5.91 Å². The number of para-hydroxylation sites is 1. The molecule has 3 aromatic rings. The number of hydrogen-bond acceptors (Lipinski definition) is 3. The molecule has 0 bridgehead atoms. The third kappa shape index (κ3) is 5.50. The number of ether oxygens (including phenoxy) is 1. The number of nitrogens with one attached hydrogen (secondary N) is 2. The predicted molar refractivity (Wildman–Crippen MR) is 116 cm³/mol. The van der Waals surface area contributed by atoms with E-state index in [1.54, 1.807) is 48.5 Å². The lowest BCUT2D eigenvalue weighted by Gasteiger charge is -2.14. The number of carbonyl (C=O) groups is 2. The Hall–Kier alpha value is -3.02. The largest absolute Gasteiger partial charge is 0.488 e. The zero-order chi connectivity index (χ0) is 20.8. The third-order valence-corrected chi connectivity index (χ3v) is 4.71. The van der Waals surface area contributed by atoms with E-state index in [0.29, 0.717) is 32.7 Å². The lowest BCUT2D eigenvalue weighted by molar-refractivity contribution is -0.114. The highest BCUT2D eigenvalue weighted by Gasteiger charge is 2.15. The van der Waals surface area contributed by atoms with Gasteiger partial charge in [-0.1, -0.05) is 53.5 Å². The average Bonchev–Trinajstić information content (AvgIpc) is 2.69. The number of amides is 2. The van der Waals surface area contributed by atoms with Crippen molar-refractivity contribution < 1.29 is 14.3 Å². The van der Waals surface area contributed by atoms with Gasteiger partial charge in [-0.3, -0.25) is 9.59 Å². The molecule has 0 aromatic heterocycles. The Balaban J connectivity index is 1.78. The van der Waals surface area contributed by atoms with Crippen LogP contribution >= 0.6 is 23.2 Å². The standard InChI is InChI=1S/C22H18Cl2N2O3/c1-14(27)25-16-10-11-19(24)20(12-16)26-22(28)17-7-3-5-9-21(17)29-13-15-6-2-4-8-18(15)23/h2-12H,13H2,1H3,(H,25,27)(H,26,28). The molecule has 0 aliphatic rings. The fraction of sp³-hybridized carbons (Fsp3) is 0.0909. The van der Waals surface area contributed by atoms with Crippen LogP contribution in [-0.4, -0.2) is 11.8 Å². The second kappa shape index (κ2) is 9.45. The van der Waals surface area contributed by atoms with Gasteiger partial charge in [0.25, 0.3) is 5.91 Å². The van der Waals surface area contributed by atoms with E-state index in [2.05, 4.69) is 10.6 Å². The molecule has 3 rings (SSSR count). The molecule has 0 spiro atoms. The van der Waals surface area contributed by atoms with Crippen LogP contribution in [0, 0.1) is 0 Å². The molecule has 0 aliphatic heterocycles. The Morgan fingerprint density at radius 1 is 0.897 bits per heavy atom. The topological polar surface area (TPSA) is 67.4 Å². The summed E-state index contributed by atoms with van der Waals surface area (Å²) in [5.41, 5.74) is 2.07. The summed E-state index contributed by atoms with van der Waals surface area (Å²) >= 11 is 12.4. The number of halogens is 2. The summed E-state index contributed by atoms with van der Waals surface area (Å²) in [5, 5.41) is 6.36. The van der Waals surface area contributed by atoms with Crippen LogP contribution < -0.4 is 15.4 Å². The maximum absolute atomic E-state index is 12.8. The summed E-state index contributed by atoms with van der Waals surface area (Å²) in [6.45, 7) is 1.63. The summed E-state index contributed by atoms with van der Waals surface area (Å²) in [5.74, 6) is -0.191. The fourth-order valence-electron chi connectivity index (χ4n) is 2.64. The van der Waals surface area contributed by atoms with Gasteiger partial charge in [0.15, 0.2) is 0 Å². The average molecular weight is 429 g/mol. The van der Waals surface area contributed by atoms with Gasteiger partial charge in [0.05, 0.1) is 16.3 Å². The van der Waals surface area contributed by atoms with Gasteiger partial charge < -0.3 is 15.4 Å². The summed E-state index contributed by atoms with van der Waals surface area (Å²) in [6, 6.07) is 19.1. The Labute approximate surface area is 178 Å². The van der Waals surface area contributed by atoms with Crippen molar-refractivity contribution in [3.63, 3.8) is 0 Å². The second-order valence-corrected chi connectivity index (χ2v) is 7.02. The summed E-state index contributed by atoms with van der Waals surface area (Å²) in [7, 11) is 0. The molecule has 0 aliphatic carbocycles. The van der Waals surface area contributed by atoms with Gasteiger partial charge in [-0.2, -0.15) is 0 Å². The zero-order valence-electron chi connectivity index (χ0n) is 15.5. The van der Waals surface area contributed by atoms with Crippen LogP contribution in [0.5, 0.6) is 5.75 Å². The molecule has 5 nitrogen and oxygen atoms in total. The first kappa shape index (κ1) is 20.7. The first-order valence-electron chi connectivity index (χ1n) is 8.78. The molecule has 148 valence electrons. The van der Waals surface area contributed by atoms with E-state index in [-0.39, 0.29) is 18.4 Å². The molecule has 0 atom stereocenters. The van der Waals surface area contributed by atoms with E-state index < -0.39 is 0 Å². The minimum absolute atomic E-state index is 0.220. The van der Waals surface area contributed by atoms with Crippen LogP contribution in [0.2, 0.25) is 10.0 Å². The number of hydrogen-bond donors (Lipinski definition) is 2. The normalized spacial score (nSPS) is 10.3. The lowest BCUT2D eigenvalue weighted by Crippen LogP contribution is -2.14. The quantitative estimate of drug-likeness (QED) is 0.522. The van der Waals surface area contributed by atoms with Crippen LogP contribution in [0.15, 0.2) is 66.7 Å². The van der Waals surface area contributed by atoms with E-state index in [1.165, 1.54) is 6.92 Å². The van der Waals surface area contributed by atoms with Crippen molar-refractivity contribution in [1.82, 2.24) is 0 Å². The molecule has 0 radical (unpaired) electrons. The van der Waals surface area contributed by atoms with Crippen LogP contribution in [0.1, 0.15) is 22.8 Å². The van der Waals surface area contributed by atoms with Crippen LogP contribution in [0.3, 0.4) is 0 Å². The SMILES string of the molecule is CC(=O)Nc1ccc(Cl)c(NC(=O)c2ccccc2OCc2ccccc2Cl)c1.